The van der Waals surface area contributed by atoms with E-state index < -0.39 is 33.8 Å². The van der Waals surface area contributed by atoms with Crippen LogP contribution in [-0.4, -0.2) is 58.6 Å². The molecule has 0 bridgehead atoms. The molecule has 10 nitrogen and oxygen atoms in total. The molecule has 13 heteroatoms. The van der Waals surface area contributed by atoms with E-state index >= 15 is 0 Å². The lowest BCUT2D eigenvalue weighted by molar-refractivity contribution is -0.385. The third kappa shape index (κ3) is 6.96. The summed E-state index contributed by atoms with van der Waals surface area (Å²) < 4.78 is 65.2. The summed E-state index contributed by atoms with van der Waals surface area (Å²) in [5, 5.41) is 13.9. The average molecular weight is 488 g/mol. The molecule has 2 rings (SSSR count). The summed E-state index contributed by atoms with van der Waals surface area (Å²) in [6.45, 7) is 0.385. The largest absolute Gasteiger partial charge is 0.493 e. The lowest BCUT2D eigenvalue weighted by atomic mass is 10.1. The van der Waals surface area contributed by atoms with E-state index in [1.54, 1.807) is 0 Å². The number of amides is 1. The minimum Gasteiger partial charge on any atom is -0.493 e. The van der Waals surface area contributed by atoms with E-state index in [0.29, 0.717) is 6.07 Å². The number of ether oxygens (including phenoxy) is 5. The van der Waals surface area contributed by atoms with Gasteiger partial charge in [-0.3, -0.25) is 14.9 Å². The van der Waals surface area contributed by atoms with Crippen LogP contribution in [0.3, 0.4) is 0 Å². The first-order valence-electron chi connectivity index (χ1n) is 9.74. The van der Waals surface area contributed by atoms with Gasteiger partial charge in [0.1, 0.15) is 24.5 Å². The van der Waals surface area contributed by atoms with Crippen LogP contribution in [0.15, 0.2) is 30.3 Å². The maximum atomic E-state index is 13.2. The van der Waals surface area contributed by atoms with Gasteiger partial charge >= 0.3 is 6.18 Å². The smallest absolute Gasteiger partial charge is 0.416 e. The number of nitro groups is 1. The molecule has 0 heterocycles. The van der Waals surface area contributed by atoms with E-state index in [2.05, 4.69) is 5.32 Å². The molecule has 0 saturated carbocycles. The minimum absolute atomic E-state index is 0.00691. The Morgan fingerprint density at radius 1 is 0.941 bits per heavy atom. The second-order valence-electron chi connectivity index (χ2n) is 6.62. The summed E-state index contributed by atoms with van der Waals surface area (Å²) in [7, 11) is 4.12. The number of carbonyl (C=O) groups excluding carboxylic acids is 1. The number of anilines is 1. The van der Waals surface area contributed by atoms with Crippen molar-refractivity contribution in [2.75, 3.05) is 53.1 Å². The topological polar surface area (TPSA) is 118 Å². The number of halogens is 3. The van der Waals surface area contributed by atoms with E-state index in [1.165, 1.54) is 21.3 Å². The Hall–Kier alpha value is -3.58. The first-order chi connectivity index (χ1) is 16.1. The van der Waals surface area contributed by atoms with Crippen LogP contribution in [0.5, 0.6) is 17.2 Å². The highest BCUT2D eigenvalue weighted by Gasteiger charge is 2.32. The number of alkyl halides is 3. The Labute approximate surface area is 192 Å². The Morgan fingerprint density at radius 3 is 2.09 bits per heavy atom. The summed E-state index contributed by atoms with van der Waals surface area (Å²) in [4.78, 5) is 23.7. The van der Waals surface area contributed by atoms with Gasteiger partial charge in [-0.25, -0.2) is 0 Å². The standard InChI is InChI=1S/C21H23F3N2O8/c1-30-6-8-33-17-5-4-13(21(22,23)24)10-15(17)25-20(27)14-11-18(32-3)19(34-9-7-31-2)12-16(14)26(28)29/h4-5,10-12H,6-9H2,1-3H3,(H,25,27). The summed E-state index contributed by atoms with van der Waals surface area (Å²) >= 11 is 0. The first-order valence-corrected chi connectivity index (χ1v) is 9.74. The Bertz CT molecular complexity index is 1010. The van der Waals surface area contributed by atoms with Gasteiger partial charge in [0, 0.05) is 20.3 Å². The zero-order valence-electron chi connectivity index (χ0n) is 18.6. The number of rotatable bonds is 12. The highest BCUT2D eigenvalue weighted by atomic mass is 19.4. The SMILES string of the molecule is COCCOc1ccc(C(F)(F)F)cc1NC(=O)c1cc(OC)c(OCCOC)cc1[N+](=O)[O-]. The van der Waals surface area contributed by atoms with Gasteiger partial charge in [0.05, 0.1) is 42.6 Å². The van der Waals surface area contributed by atoms with Crippen LogP contribution in [0.1, 0.15) is 15.9 Å². The summed E-state index contributed by atoms with van der Waals surface area (Å²) in [6.07, 6.45) is -4.69. The molecule has 0 aromatic heterocycles. The predicted octanol–water partition coefficient (Wildman–Crippen LogP) is 3.92. The number of benzene rings is 2. The summed E-state index contributed by atoms with van der Waals surface area (Å²) in [6, 6.07) is 4.55. The number of hydrogen-bond acceptors (Lipinski definition) is 8. The maximum absolute atomic E-state index is 13.2. The molecular formula is C21H23F3N2O8. The monoisotopic (exact) mass is 488 g/mol. The zero-order valence-corrected chi connectivity index (χ0v) is 18.6. The average Bonchev–Trinajstić information content (AvgIpc) is 2.79. The summed E-state index contributed by atoms with van der Waals surface area (Å²) in [5.74, 6) is -1.13. The van der Waals surface area contributed by atoms with Crippen LogP contribution in [0, 0.1) is 10.1 Å². The normalized spacial score (nSPS) is 11.1. The van der Waals surface area contributed by atoms with Crippen molar-refractivity contribution in [2.24, 2.45) is 0 Å². The molecule has 0 spiro atoms. The third-order valence-electron chi connectivity index (χ3n) is 4.37. The minimum atomic E-state index is -4.69. The second-order valence-corrected chi connectivity index (χ2v) is 6.62. The van der Waals surface area contributed by atoms with E-state index in [4.69, 9.17) is 23.7 Å². The van der Waals surface area contributed by atoms with Crippen molar-refractivity contribution < 1.29 is 46.6 Å². The van der Waals surface area contributed by atoms with Gasteiger partial charge in [-0.1, -0.05) is 0 Å². The fourth-order valence-electron chi connectivity index (χ4n) is 2.74. The van der Waals surface area contributed by atoms with Gasteiger partial charge in [0.25, 0.3) is 11.6 Å². The molecule has 34 heavy (non-hydrogen) atoms. The second kappa shape index (κ2) is 12.0. The molecule has 186 valence electrons. The van der Waals surface area contributed by atoms with Crippen molar-refractivity contribution in [3.05, 3.63) is 51.6 Å². The van der Waals surface area contributed by atoms with Gasteiger partial charge in [-0.2, -0.15) is 13.2 Å². The maximum Gasteiger partial charge on any atom is 0.416 e. The molecule has 0 atom stereocenters. The van der Waals surface area contributed by atoms with Crippen LogP contribution < -0.4 is 19.5 Å². The number of nitro benzene ring substituents is 1. The van der Waals surface area contributed by atoms with E-state index in [0.717, 1.165) is 24.3 Å². The molecule has 1 amide bonds. The van der Waals surface area contributed by atoms with Crippen molar-refractivity contribution in [1.82, 2.24) is 0 Å². The van der Waals surface area contributed by atoms with Crippen molar-refractivity contribution >= 4 is 17.3 Å². The van der Waals surface area contributed by atoms with E-state index in [1.807, 2.05) is 0 Å². The van der Waals surface area contributed by atoms with Crippen LogP contribution >= 0.6 is 0 Å². The van der Waals surface area contributed by atoms with Gasteiger partial charge in [0.15, 0.2) is 11.5 Å². The van der Waals surface area contributed by atoms with Crippen LogP contribution in [-0.2, 0) is 15.7 Å². The molecule has 0 aliphatic rings. The molecule has 0 unspecified atom stereocenters. The molecule has 2 aromatic carbocycles. The molecular weight excluding hydrogens is 465 g/mol. The number of carbonyl (C=O) groups is 1. The fraction of sp³-hybridized carbons (Fsp3) is 0.381. The Morgan fingerprint density at radius 2 is 1.56 bits per heavy atom. The molecule has 0 saturated heterocycles. The third-order valence-corrected chi connectivity index (χ3v) is 4.37. The van der Waals surface area contributed by atoms with Crippen LogP contribution in [0.2, 0.25) is 0 Å². The van der Waals surface area contributed by atoms with Crippen LogP contribution in [0.4, 0.5) is 24.5 Å². The molecule has 2 aromatic rings. The van der Waals surface area contributed by atoms with Crippen molar-refractivity contribution in [2.45, 2.75) is 6.18 Å². The molecule has 0 fully saturated rings. The van der Waals surface area contributed by atoms with Gasteiger partial charge in [-0.05, 0) is 18.2 Å². The lowest BCUT2D eigenvalue weighted by Gasteiger charge is -2.16. The van der Waals surface area contributed by atoms with E-state index in [9.17, 15) is 28.1 Å². The zero-order chi connectivity index (χ0) is 25.3. The van der Waals surface area contributed by atoms with Crippen molar-refractivity contribution in [3.8, 4) is 17.2 Å². The van der Waals surface area contributed by atoms with Gasteiger partial charge < -0.3 is 29.0 Å². The molecule has 0 radical (unpaired) electrons. The number of hydrogen-bond donors (Lipinski definition) is 1. The fourth-order valence-corrected chi connectivity index (χ4v) is 2.74. The van der Waals surface area contributed by atoms with Crippen molar-refractivity contribution in [1.29, 1.82) is 0 Å². The summed E-state index contributed by atoms with van der Waals surface area (Å²) in [5.41, 5.74) is -2.47. The Kier molecular flexibility index (Phi) is 9.45. The molecule has 0 aliphatic heterocycles. The quantitative estimate of drug-likeness (QED) is 0.271. The van der Waals surface area contributed by atoms with Crippen LogP contribution in [0.25, 0.3) is 0 Å². The first kappa shape index (κ1) is 26.7. The highest BCUT2D eigenvalue weighted by molar-refractivity contribution is 6.08. The van der Waals surface area contributed by atoms with Gasteiger partial charge in [0.2, 0.25) is 0 Å². The number of nitrogens with zero attached hydrogens (tertiary/aromatic N) is 1. The van der Waals surface area contributed by atoms with Crippen molar-refractivity contribution in [3.63, 3.8) is 0 Å². The molecule has 0 aliphatic carbocycles. The van der Waals surface area contributed by atoms with Gasteiger partial charge in [-0.15, -0.1) is 0 Å². The molecule has 1 N–H and O–H groups in total. The number of methoxy groups -OCH3 is 3. The van der Waals surface area contributed by atoms with E-state index in [-0.39, 0.29) is 49.4 Å². The highest BCUT2D eigenvalue weighted by Crippen LogP contribution is 2.37. The lowest BCUT2D eigenvalue weighted by Crippen LogP contribution is -2.17. The predicted molar refractivity (Wildman–Crippen MR) is 114 cm³/mol. The number of nitrogens with one attached hydrogen (secondary N) is 1. The Balaban J connectivity index is 2.45.